The molecular weight excluding hydrogens is 344 g/mol. The largest absolute Gasteiger partial charge is 0.493 e. The summed E-state index contributed by atoms with van der Waals surface area (Å²) in [6.45, 7) is 2.46. The first-order valence-electron chi connectivity index (χ1n) is 7.36. The van der Waals surface area contributed by atoms with Crippen molar-refractivity contribution in [1.29, 1.82) is 5.41 Å². The first kappa shape index (κ1) is 16.7. The molecule has 1 aliphatic rings. The molecule has 1 fully saturated rings. The number of allylic oxidation sites excluding steroid dienone is 1. The van der Waals surface area contributed by atoms with Crippen LogP contribution < -0.4 is 9.47 Å². The van der Waals surface area contributed by atoms with Crippen molar-refractivity contribution >= 4 is 40.0 Å². The quantitative estimate of drug-likeness (QED) is 0.817. The smallest absolute Gasteiger partial charge is 0.186 e. The maximum absolute atomic E-state index is 12.6. The molecule has 0 saturated carbocycles. The third-order valence-corrected chi connectivity index (χ3v) is 5.31. The van der Waals surface area contributed by atoms with E-state index in [0.29, 0.717) is 33.1 Å². The topological polar surface area (TPSA) is 72.3 Å². The van der Waals surface area contributed by atoms with E-state index in [1.165, 1.54) is 23.1 Å². The number of carbonyl (C=O) groups is 1. The highest BCUT2D eigenvalue weighted by molar-refractivity contribution is 8.19. The van der Waals surface area contributed by atoms with Crippen LogP contribution in [0.1, 0.15) is 23.4 Å². The third kappa shape index (κ3) is 3.22. The van der Waals surface area contributed by atoms with E-state index in [4.69, 9.17) is 14.9 Å². The van der Waals surface area contributed by atoms with Gasteiger partial charge in [0.15, 0.2) is 17.3 Å². The van der Waals surface area contributed by atoms with Crippen LogP contribution in [0.5, 0.6) is 11.5 Å². The SMILES string of the molecule is CCOc1ccc(C=C2SC(=N)C(c3nccs3)C2=O)cc1OC. The van der Waals surface area contributed by atoms with Crippen molar-refractivity contribution in [3.8, 4) is 11.5 Å². The second-order valence-corrected chi connectivity index (χ2v) is 7.00. The summed E-state index contributed by atoms with van der Waals surface area (Å²) in [4.78, 5) is 17.4. The number of thioether (sulfide) groups is 1. The molecule has 1 atom stereocenters. The van der Waals surface area contributed by atoms with Crippen LogP contribution in [0.2, 0.25) is 0 Å². The molecule has 3 rings (SSSR count). The van der Waals surface area contributed by atoms with Gasteiger partial charge in [-0.15, -0.1) is 11.3 Å². The van der Waals surface area contributed by atoms with Crippen LogP contribution in [0, 0.1) is 5.41 Å². The molecule has 7 heteroatoms. The Bertz CT molecular complexity index is 800. The lowest BCUT2D eigenvalue weighted by molar-refractivity contribution is -0.114. The van der Waals surface area contributed by atoms with Gasteiger partial charge in [0.1, 0.15) is 10.9 Å². The van der Waals surface area contributed by atoms with Gasteiger partial charge >= 0.3 is 0 Å². The molecule has 1 aromatic carbocycles. The summed E-state index contributed by atoms with van der Waals surface area (Å²) in [5, 5.41) is 10.9. The van der Waals surface area contributed by atoms with Gasteiger partial charge in [-0.25, -0.2) is 4.98 Å². The molecule has 5 nitrogen and oxygen atoms in total. The minimum Gasteiger partial charge on any atom is -0.493 e. The standard InChI is InChI=1S/C17H16N2O3S2/c1-3-22-11-5-4-10(8-12(11)21-2)9-13-15(20)14(16(18)24-13)17-19-6-7-23-17/h4-9,14,18H,3H2,1-2H3. The van der Waals surface area contributed by atoms with Crippen molar-refractivity contribution in [3.05, 3.63) is 45.3 Å². The molecule has 1 aliphatic heterocycles. The number of nitrogens with one attached hydrogen (secondary N) is 1. The molecule has 124 valence electrons. The van der Waals surface area contributed by atoms with E-state index in [2.05, 4.69) is 4.98 Å². The Morgan fingerprint density at radius 1 is 1.38 bits per heavy atom. The van der Waals surface area contributed by atoms with Crippen molar-refractivity contribution in [3.63, 3.8) is 0 Å². The molecule has 0 spiro atoms. The molecule has 2 heterocycles. The molecule has 0 aliphatic carbocycles. The Hall–Kier alpha value is -2.12. The minimum atomic E-state index is -0.564. The molecule has 24 heavy (non-hydrogen) atoms. The Balaban J connectivity index is 1.89. The van der Waals surface area contributed by atoms with Gasteiger partial charge in [0.05, 0.1) is 23.7 Å². The highest BCUT2D eigenvalue weighted by Gasteiger charge is 2.38. The van der Waals surface area contributed by atoms with E-state index in [1.807, 2.05) is 30.5 Å². The molecule has 2 aromatic rings. The first-order chi connectivity index (χ1) is 11.6. The first-order valence-corrected chi connectivity index (χ1v) is 9.06. The van der Waals surface area contributed by atoms with Crippen LogP contribution in [0.25, 0.3) is 6.08 Å². The number of rotatable bonds is 5. The number of Topliss-reactive ketones (excluding diaryl/α,β-unsaturated/α-hetero) is 1. The normalized spacial score (nSPS) is 19.1. The zero-order valence-electron chi connectivity index (χ0n) is 13.2. The monoisotopic (exact) mass is 360 g/mol. The predicted molar refractivity (Wildman–Crippen MR) is 97.3 cm³/mol. The Morgan fingerprint density at radius 2 is 2.21 bits per heavy atom. The number of ketones is 1. The van der Waals surface area contributed by atoms with Gasteiger partial charge in [0.2, 0.25) is 0 Å². The van der Waals surface area contributed by atoms with Crippen molar-refractivity contribution < 1.29 is 14.3 Å². The summed E-state index contributed by atoms with van der Waals surface area (Å²) in [5.74, 6) is 0.646. The fraction of sp³-hybridized carbons (Fsp3) is 0.235. The van der Waals surface area contributed by atoms with Gasteiger partial charge in [-0.2, -0.15) is 0 Å². The molecule has 0 radical (unpaired) electrons. The number of hydrogen-bond donors (Lipinski definition) is 1. The fourth-order valence-electron chi connectivity index (χ4n) is 2.39. The lowest BCUT2D eigenvalue weighted by Crippen LogP contribution is -2.11. The Kier molecular flexibility index (Phi) is 5.01. The number of thiazole rings is 1. The van der Waals surface area contributed by atoms with E-state index >= 15 is 0 Å². The predicted octanol–water partition coefficient (Wildman–Crippen LogP) is 3.97. The molecule has 1 saturated heterocycles. The molecule has 0 amide bonds. The van der Waals surface area contributed by atoms with Crippen molar-refractivity contribution in [1.82, 2.24) is 4.98 Å². The number of carbonyl (C=O) groups excluding carboxylic acids is 1. The molecular formula is C17H16N2O3S2. The number of nitrogens with zero attached hydrogens (tertiary/aromatic N) is 1. The van der Waals surface area contributed by atoms with Gasteiger partial charge in [0.25, 0.3) is 0 Å². The maximum atomic E-state index is 12.6. The average molecular weight is 360 g/mol. The van der Waals surface area contributed by atoms with E-state index in [0.717, 1.165) is 5.56 Å². The van der Waals surface area contributed by atoms with Crippen LogP contribution in [0.4, 0.5) is 0 Å². The van der Waals surface area contributed by atoms with Crippen LogP contribution in [-0.4, -0.2) is 29.5 Å². The van der Waals surface area contributed by atoms with Gasteiger partial charge < -0.3 is 9.47 Å². The summed E-state index contributed by atoms with van der Waals surface area (Å²) in [6.07, 6.45) is 3.44. The number of methoxy groups -OCH3 is 1. The lowest BCUT2D eigenvalue weighted by Gasteiger charge is -2.09. The Morgan fingerprint density at radius 3 is 2.88 bits per heavy atom. The summed E-state index contributed by atoms with van der Waals surface area (Å²) in [5.41, 5.74) is 0.832. The average Bonchev–Trinajstić information content (AvgIpc) is 3.18. The van der Waals surface area contributed by atoms with E-state index < -0.39 is 5.92 Å². The van der Waals surface area contributed by atoms with Gasteiger partial charge in [-0.1, -0.05) is 17.8 Å². The van der Waals surface area contributed by atoms with E-state index in [-0.39, 0.29) is 5.78 Å². The van der Waals surface area contributed by atoms with Crippen molar-refractivity contribution in [2.24, 2.45) is 0 Å². The fourth-order valence-corrected chi connectivity index (χ4v) is 4.20. The van der Waals surface area contributed by atoms with E-state index in [9.17, 15) is 4.79 Å². The highest BCUT2D eigenvalue weighted by atomic mass is 32.2. The maximum Gasteiger partial charge on any atom is 0.186 e. The summed E-state index contributed by atoms with van der Waals surface area (Å²) >= 11 is 2.59. The second kappa shape index (κ2) is 7.19. The zero-order chi connectivity index (χ0) is 17.1. The number of hydrogen-bond acceptors (Lipinski definition) is 7. The van der Waals surface area contributed by atoms with Crippen LogP contribution in [0.15, 0.2) is 34.7 Å². The number of ether oxygens (including phenoxy) is 2. The number of benzene rings is 1. The van der Waals surface area contributed by atoms with Crippen molar-refractivity contribution in [2.45, 2.75) is 12.8 Å². The summed E-state index contributed by atoms with van der Waals surface area (Å²) < 4.78 is 10.8. The highest BCUT2D eigenvalue weighted by Crippen LogP contribution is 2.41. The van der Waals surface area contributed by atoms with Crippen LogP contribution in [-0.2, 0) is 4.79 Å². The van der Waals surface area contributed by atoms with Crippen LogP contribution >= 0.6 is 23.1 Å². The minimum absolute atomic E-state index is 0.0761. The van der Waals surface area contributed by atoms with Crippen LogP contribution in [0.3, 0.4) is 0 Å². The molecule has 1 aromatic heterocycles. The van der Waals surface area contributed by atoms with Gasteiger partial charge in [-0.3, -0.25) is 10.2 Å². The summed E-state index contributed by atoms with van der Waals surface area (Å²) in [7, 11) is 1.58. The molecule has 0 bridgehead atoms. The number of aromatic nitrogens is 1. The lowest BCUT2D eigenvalue weighted by atomic mass is 10.0. The molecule has 1 unspecified atom stereocenters. The summed E-state index contributed by atoms with van der Waals surface area (Å²) in [6, 6.07) is 5.52. The second-order valence-electron chi connectivity index (χ2n) is 4.99. The van der Waals surface area contributed by atoms with Crippen molar-refractivity contribution in [2.75, 3.05) is 13.7 Å². The Labute approximate surface area is 148 Å². The van der Waals surface area contributed by atoms with Gasteiger partial charge in [0, 0.05) is 11.6 Å². The van der Waals surface area contributed by atoms with E-state index in [1.54, 1.807) is 19.4 Å². The van der Waals surface area contributed by atoms with Gasteiger partial charge in [-0.05, 0) is 30.7 Å². The zero-order valence-corrected chi connectivity index (χ0v) is 14.9. The molecule has 1 N–H and O–H groups in total. The third-order valence-electron chi connectivity index (χ3n) is 3.47.